The lowest BCUT2D eigenvalue weighted by Gasteiger charge is -2.37. The fraction of sp³-hybridized carbons (Fsp3) is 0.462. The number of amides is 1. The van der Waals surface area contributed by atoms with Crippen LogP contribution < -0.4 is 0 Å². The molecule has 0 saturated carbocycles. The first-order valence-electron chi connectivity index (χ1n) is 6.39. The molecule has 1 aliphatic rings. The number of carboxylic acid groups (broad SMARTS) is 1. The molecule has 1 saturated heterocycles. The van der Waals surface area contributed by atoms with Crippen molar-refractivity contribution in [3.8, 4) is 0 Å². The van der Waals surface area contributed by atoms with E-state index in [0.717, 1.165) is 6.26 Å². The Kier molecular flexibility index (Phi) is 4.48. The van der Waals surface area contributed by atoms with Crippen molar-refractivity contribution in [1.29, 1.82) is 0 Å². The van der Waals surface area contributed by atoms with E-state index in [9.17, 15) is 22.7 Å². The first-order chi connectivity index (χ1) is 9.76. The molecule has 116 valence electrons. The lowest BCUT2D eigenvalue weighted by Crippen LogP contribution is -2.43. The van der Waals surface area contributed by atoms with Gasteiger partial charge in [-0.15, -0.1) is 0 Å². The van der Waals surface area contributed by atoms with Crippen molar-refractivity contribution < 1.29 is 26.9 Å². The molecular weight excluding hydrogens is 301 g/mol. The van der Waals surface area contributed by atoms with Crippen molar-refractivity contribution in [1.82, 2.24) is 4.90 Å². The zero-order valence-corrected chi connectivity index (χ0v) is 12.2. The fourth-order valence-corrected chi connectivity index (χ4v) is 3.17. The zero-order chi connectivity index (χ0) is 15.6. The highest BCUT2D eigenvalue weighted by atomic mass is 32.2. The summed E-state index contributed by atoms with van der Waals surface area (Å²) in [6.45, 7) is 0.164. The lowest BCUT2D eigenvalue weighted by molar-refractivity contribution is 0.0574. The number of halogens is 1. The molecule has 2 unspecified atom stereocenters. The average molecular weight is 317 g/mol. The molecule has 0 spiro atoms. The number of benzene rings is 1. The van der Waals surface area contributed by atoms with Gasteiger partial charge in [0.2, 0.25) is 0 Å². The summed E-state index contributed by atoms with van der Waals surface area (Å²) in [5, 5.41) is 9.24. The van der Waals surface area contributed by atoms with Crippen molar-refractivity contribution in [2.45, 2.75) is 25.0 Å². The van der Waals surface area contributed by atoms with E-state index in [1.807, 2.05) is 0 Å². The van der Waals surface area contributed by atoms with Crippen LogP contribution in [0.15, 0.2) is 24.3 Å². The third-order valence-electron chi connectivity index (χ3n) is 3.37. The van der Waals surface area contributed by atoms with Crippen LogP contribution in [0.2, 0.25) is 0 Å². The van der Waals surface area contributed by atoms with E-state index in [4.69, 9.17) is 4.18 Å². The van der Waals surface area contributed by atoms with E-state index < -0.39 is 34.2 Å². The van der Waals surface area contributed by atoms with Gasteiger partial charge in [-0.3, -0.25) is 4.18 Å². The summed E-state index contributed by atoms with van der Waals surface area (Å²) in [5.41, 5.74) is 0.612. The summed E-state index contributed by atoms with van der Waals surface area (Å²) < 4.78 is 40.3. The van der Waals surface area contributed by atoms with Crippen LogP contribution in [0, 0.1) is 5.82 Å². The largest absolute Gasteiger partial charge is 0.465 e. The molecule has 2 atom stereocenters. The topological polar surface area (TPSA) is 83.9 Å². The number of nitrogens with zero attached hydrogens (tertiary/aromatic N) is 1. The third-order valence-corrected chi connectivity index (χ3v) is 3.99. The Morgan fingerprint density at radius 3 is 2.52 bits per heavy atom. The number of likely N-dealkylation sites (tertiary alicyclic amines) is 1. The monoisotopic (exact) mass is 317 g/mol. The molecule has 1 amide bonds. The van der Waals surface area contributed by atoms with Crippen molar-refractivity contribution in [2.75, 3.05) is 12.8 Å². The van der Waals surface area contributed by atoms with Crippen LogP contribution in [-0.2, 0) is 14.3 Å². The Labute approximate surface area is 122 Å². The van der Waals surface area contributed by atoms with Crippen LogP contribution in [0.5, 0.6) is 0 Å². The number of piperidine rings is 1. The SMILES string of the molecule is CS(=O)(=O)OC1CCN(C(=O)O)C(c2ccc(F)cc2)C1. The van der Waals surface area contributed by atoms with Gasteiger partial charge in [0.1, 0.15) is 5.82 Å². The van der Waals surface area contributed by atoms with Crippen LogP contribution >= 0.6 is 0 Å². The van der Waals surface area contributed by atoms with E-state index in [2.05, 4.69) is 0 Å². The highest BCUT2D eigenvalue weighted by Gasteiger charge is 2.34. The smallest absolute Gasteiger partial charge is 0.407 e. The Hall–Kier alpha value is -1.67. The maximum absolute atomic E-state index is 13.0. The molecule has 1 N–H and O–H groups in total. The molecular formula is C13H16FNO5S. The standard InChI is InChI=1S/C13H16FNO5S/c1-21(18,19)20-11-6-7-15(13(16)17)12(8-11)9-2-4-10(14)5-3-9/h2-5,11-12H,6-8H2,1H3,(H,16,17). The Morgan fingerprint density at radius 1 is 1.38 bits per heavy atom. The van der Waals surface area contributed by atoms with Crippen LogP contribution in [0.1, 0.15) is 24.4 Å². The van der Waals surface area contributed by atoms with E-state index in [0.29, 0.717) is 12.0 Å². The van der Waals surface area contributed by atoms with Crippen molar-refractivity contribution in [3.05, 3.63) is 35.6 Å². The maximum atomic E-state index is 13.0. The molecule has 0 aliphatic carbocycles. The van der Waals surface area contributed by atoms with Crippen LogP contribution in [0.25, 0.3) is 0 Å². The summed E-state index contributed by atoms with van der Waals surface area (Å²) in [4.78, 5) is 12.5. The third kappa shape index (κ3) is 4.15. The predicted molar refractivity (Wildman–Crippen MR) is 72.8 cm³/mol. The van der Waals surface area contributed by atoms with Crippen molar-refractivity contribution in [2.24, 2.45) is 0 Å². The fourth-order valence-electron chi connectivity index (χ4n) is 2.50. The van der Waals surface area contributed by atoms with E-state index >= 15 is 0 Å². The van der Waals surface area contributed by atoms with Gasteiger partial charge in [-0.05, 0) is 30.5 Å². The summed E-state index contributed by atoms with van der Waals surface area (Å²) in [6, 6.07) is 4.94. The van der Waals surface area contributed by atoms with Crippen molar-refractivity contribution in [3.63, 3.8) is 0 Å². The van der Waals surface area contributed by atoms with Gasteiger partial charge >= 0.3 is 6.09 Å². The molecule has 0 aromatic heterocycles. The molecule has 21 heavy (non-hydrogen) atoms. The summed E-state index contributed by atoms with van der Waals surface area (Å²) in [6.07, 6.45) is -0.196. The zero-order valence-electron chi connectivity index (χ0n) is 11.4. The highest BCUT2D eigenvalue weighted by Crippen LogP contribution is 2.33. The minimum Gasteiger partial charge on any atom is -0.465 e. The summed E-state index contributed by atoms with van der Waals surface area (Å²) in [5.74, 6) is -0.416. The molecule has 6 nitrogen and oxygen atoms in total. The van der Waals surface area contributed by atoms with Gasteiger partial charge in [-0.1, -0.05) is 12.1 Å². The Balaban J connectivity index is 2.23. The van der Waals surface area contributed by atoms with E-state index in [1.54, 1.807) is 0 Å². The second kappa shape index (κ2) is 5.98. The number of carbonyl (C=O) groups is 1. The minimum atomic E-state index is -3.60. The van der Waals surface area contributed by atoms with E-state index in [-0.39, 0.29) is 13.0 Å². The first kappa shape index (κ1) is 15.7. The van der Waals surface area contributed by atoms with Crippen LogP contribution in [0.3, 0.4) is 0 Å². The van der Waals surface area contributed by atoms with E-state index in [1.165, 1.54) is 29.2 Å². The molecule has 0 radical (unpaired) electrons. The van der Waals surface area contributed by atoms with Gasteiger partial charge in [0.15, 0.2) is 0 Å². The average Bonchev–Trinajstić information content (AvgIpc) is 2.37. The summed E-state index contributed by atoms with van der Waals surface area (Å²) in [7, 11) is -3.60. The number of rotatable bonds is 3. The normalized spacial score (nSPS) is 23.0. The second-order valence-corrected chi connectivity index (χ2v) is 6.59. The predicted octanol–water partition coefficient (Wildman–Crippen LogP) is 1.99. The van der Waals surface area contributed by atoms with Gasteiger partial charge in [-0.2, -0.15) is 8.42 Å². The molecule has 1 aromatic rings. The van der Waals surface area contributed by atoms with Gasteiger partial charge in [0.05, 0.1) is 18.4 Å². The van der Waals surface area contributed by atoms with Gasteiger partial charge in [0.25, 0.3) is 10.1 Å². The Morgan fingerprint density at radius 2 is 2.00 bits per heavy atom. The minimum absolute atomic E-state index is 0.164. The number of hydrogen-bond acceptors (Lipinski definition) is 4. The second-order valence-electron chi connectivity index (χ2n) is 4.99. The summed E-state index contributed by atoms with van der Waals surface area (Å²) >= 11 is 0. The molecule has 8 heteroatoms. The first-order valence-corrected chi connectivity index (χ1v) is 8.21. The van der Waals surface area contributed by atoms with Gasteiger partial charge in [0, 0.05) is 6.54 Å². The molecule has 0 bridgehead atoms. The van der Waals surface area contributed by atoms with Crippen molar-refractivity contribution >= 4 is 16.2 Å². The Bertz CT molecular complexity index is 616. The molecule has 1 fully saturated rings. The maximum Gasteiger partial charge on any atom is 0.407 e. The number of hydrogen-bond donors (Lipinski definition) is 1. The van der Waals surface area contributed by atoms with Crippen LogP contribution in [-0.4, -0.2) is 43.4 Å². The molecule has 1 aliphatic heterocycles. The quantitative estimate of drug-likeness (QED) is 0.862. The van der Waals surface area contributed by atoms with Gasteiger partial charge < -0.3 is 10.0 Å². The highest BCUT2D eigenvalue weighted by molar-refractivity contribution is 7.86. The molecule has 1 aromatic carbocycles. The van der Waals surface area contributed by atoms with Crippen LogP contribution in [0.4, 0.5) is 9.18 Å². The molecule has 1 heterocycles. The lowest BCUT2D eigenvalue weighted by atomic mass is 9.94. The van der Waals surface area contributed by atoms with Gasteiger partial charge in [-0.25, -0.2) is 9.18 Å². The molecule has 2 rings (SSSR count).